The number of aromatic nitrogens is 4. The van der Waals surface area contributed by atoms with E-state index in [1.54, 1.807) is 6.07 Å². The van der Waals surface area contributed by atoms with Gasteiger partial charge in [0.2, 0.25) is 0 Å². The fraction of sp³-hybridized carbons (Fsp3) is 0.200. The quantitative estimate of drug-likeness (QED) is 0.414. The molecule has 10 heteroatoms. The average Bonchev–Trinajstić information content (AvgIpc) is 3.23. The van der Waals surface area contributed by atoms with Gasteiger partial charge in [-0.1, -0.05) is 18.9 Å². The van der Waals surface area contributed by atoms with Gasteiger partial charge in [0, 0.05) is 30.2 Å². The van der Waals surface area contributed by atoms with E-state index in [0.717, 1.165) is 10.9 Å². The number of phenols is 1. The van der Waals surface area contributed by atoms with Crippen molar-refractivity contribution in [3.8, 4) is 34.6 Å². The van der Waals surface area contributed by atoms with Crippen LogP contribution in [0.15, 0.2) is 42.6 Å². The zero-order chi connectivity index (χ0) is 21.6. The highest BCUT2D eigenvalue weighted by atomic mass is 31.1. The van der Waals surface area contributed by atoms with Gasteiger partial charge in [0.05, 0.1) is 11.3 Å². The Kier molecular flexibility index (Phi) is 5.01. The number of hydrogen-bond acceptors (Lipinski definition) is 6. The number of phenolic OH excluding ortho intramolecular Hbond substituents is 1. The van der Waals surface area contributed by atoms with E-state index in [2.05, 4.69) is 10.2 Å². The van der Waals surface area contributed by atoms with Crippen molar-refractivity contribution in [3.63, 3.8) is 0 Å². The number of fused-ring (bicyclic) bond motifs is 1. The molecule has 156 valence electrons. The molecule has 0 spiro atoms. The van der Waals surface area contributed by atoms with Crippen LogP contribution in [0.1, 0.15) is 25.3 Å². The van der Waals surface area contributed by atoms with Crippen LogP contribution in [0.25, 0.3) is 28.0 Å². The lowest BCUT2D eigenvalue weighted by molar-refractivity contribution is 0.405. The van der Waals surface area contributed by atoms with Crippen LogP contribution in [0.3, 0.4) is 0 Å². The van der Waals surface area contributed by atoms with Crippen molar-refractivity contribution in [2.75, 3.05) is 0 Å². The van der Waals surface area contributed by atoms with Crippen molar-refractivity contribution in [2.24, 2.45) is 7.05 Å². The molecule has 2 aromatic carbocycles. The zero-order valence-electron chi connectivity index (χ0n) is 16.6. The second-order valence-corrected chi connectivity index (χ2v) is 7.99. The lowest BCUT2D eigenvalue weighted by Crippen LogP contribution is -2.00. The summed E-state index contributed by atoms with van der Waals surface area (Å²) < 4.78 is 19.6. The van der Waals surface area contributed by atoms with E-state index in [-0.39, 0.29) is 29.3 Å². The minimum atomic E-state index is -3.24. The molecule has 30 heavy (non-hydrogen) atoms. The van der Waals surface area contributed by atoms with Crippen LogP contribution in [-0.2, 0) is 11.6 Å². The van der Waals surface area contributed by atoms with Crippen LogP contribution in [0.2, 0.25) is 0 Å². The first-order chi connectivity index (χ1) is 14.3. The zero-order valence-corrected chi connectivity index (χ0v) is 17.6. The summed E-state index contributed by atoms with van der Waals surface area (Å²) in [5.41, 5.74) is 2.57. The number of benzene rings is 2. The van der Waals surface area contributed by atoms with Gasteiger partial charge in [-0.05, 0) is 41.8 Å². The van der Waals surface area contributed by atoms with Crippen molar-refractivity contribution >= 4 is 19.2 Å². The van der Waals surface area contributed by atoms with E-state index in [1.165, 1.54) is 10.6 Å². The normalized spacial score (nSPS) is 12.6. The van der Waals surface area contributed by atoms with Gasteiger partial charge in [0.1, 0.15) is 11.5 Å². The van der Waals surface area contributed by atoms with Gasteiger partial charge < -0.3 is 24.2 Å². The summed E-state index contributed by atoms with van der Waals surface area (Å²) in [5, 5.41) is 29.8. The molecule has 0 amide bonds. The lowest BCUT2D eigenvalue weighted by atomic mass is 9.98. The van der Waals surface area contributed by atoms with Crippen molar-refractivity contribution in [2.45, 2.75) is 19.8 Å². The first-order valence-corrected chi connectivity index (χ1v) is 10.5. The van der Waals surface area contributed by atoms with E-state index in [4.69, 9.17) is 9.42 Å². The van der Waals surface area contributed by atoms with Crippen LogP contribution in [0, 0.1) is 0 Å². The van der Waals surface area contributed by atoms with Crippen molar-refractivity contribution in [1.29, 1.82) is 0 Å². The summed E-state index contributed by atoms with van der Waals surface area (Å²) in [7, 11) is -1.29. The summed E-state index contributed by atoms with van der Waals surface area (Å²) in [6.45, 7) is 3.78. The van der Waals surface area contributed by atoms with Gasteiger partial charge in [-0.25, -0.2) is 9.13 Å². The second kappa shape index (κ2) is 7.51. The number of hydrogen-bond donors (Lipinski definition) is 3. The van der Waals surface area contributed by atoms with Crippen LogP contribution >= 0.6 is 8.25 Å². The molecule has 0 bridgehead atoms. The van der Waals surface area contributed by atoms with E-state index in [0.29, 0.717) is 16.8 Å². The number of rotatable bonds is 5. The number of aromatic hydroxyl groups is 2. The smallest absolute Gasteiger partial charge is 0.365 e. The highest BCUT2D eigenvalue weighted by Gasteiger charge is 2.22. The van der Waals surface area contributed by atoms with Gasteiger partial charge in [0.25, 0.3) is 0 Å². The Balaban J connectivity index is 1.89. The van der Waals surface area contributed by atoms with Gasteiger partial charge in [0.15, 0.2) is 5.82 Å². The molecule has 0 aliphatic carbocycles. The highest BCUT2D eigenvalue weighted by Crippen LogP contribution is 2.41. The Morgan fingerprint density at radius 2 is 1.87 bits per heavy atom. The molecule has 0 aliphatic rings. The molecule has 0 saturated heterocycles. The average molecular weight is 428 g/mol. The largest absolute Gasteiger partial charge is 0.507 e. The molecular formula is C20H21N4O5P. The van der Waals surface area contributed by atoms with Crippen molar-refractivity contribution < 1.29 is 24.2 Å². The molecule has 2 aromatic heterocycles. The van der Waals surface area contributed by atoms with Crippen LogP contribution in [-0.4, -0.2) is 34.4 Å². The fourth-order valence-electron chi connectivity index (χ4n) is 3.49. The topological polar surface area (TPSA) is 123 Å². The summed E-state index contributed by atoms with van der Waals surface area (Å²) in [5.74, 6) is 0.0717. The molecule has 0 aliphatic heterocycles. The van der Waals surface area contributed by atoms with Gasteiger partial charge in [-0.3, -0.25) is 0 Å². The maximum atomic E-state index is 11.2. The first-order valence-electron chi connectivity index (χ1n) is 9.24. The fourth-order valence-corrected chi connectivity index (χ4v) is 3.86. The third kappa shape index (κ3) is 3.42. The Hall–Kier alpha value is -3.29. The molecule has 1 atom stereocenters. The van der Waals surface area contributed by atoms with E-state index in [1.807, 2.05) is 55.9 Å². The summed E-state index contributed by atoms with van der Waals surface area (Å²) in [6.07, 6.45) is 1.94. The standard InChI is InChI=1S/C20H21N4O5P/c1-11(2)14-9-15(17(25)10-18(14)29-30(27)28)19-21-22-20(26)24(19)13-4-5-16-12(8-13)6-7-23(16)3/h4-11,25,30H,1-3H3,(H,22,26)(H,27,28). The van der Waals surface area contributed by atoms with Gasteiger partial charge in [-0.15, -0.1) is 5.10 Å². The minimum absolute atomic E-state index is 0.0636. The number of nitrogens with zero attached hydrogens (tertiary/aromatic N) is 4. The predicted octanol–water partition coefficient (Wildman–Crippen LogP) is 3.72. The third-order valence-corrected chi connectivity index (χ3v) is 5.36. The Morgan fingerprint density at radius 1 is 1.10 bits per heavy atom. The van der Waals surface area contributed by atoms with Crippen molar-refractivity contribution in [3.05, 3.63) is 48.2 Å². The van der Waals surface area contributed by atoms with E-state index < -0.39 is 8.25 Å². The van der Waals surface area contributed by atoms with Gasteiger partial charge >= 0.3 is 14.3 Å². The van der Waals surface area contributed by atoms with Crippen LogP contribution < -0.4 is 4.52 Å². The Bertz CT molecular complexity index is 1280. The van der Waals surface area contributed by atoms with Crippen molar-refractivity contribution in [1.82, 2.24) is 19.3 Å². The molecule has 0 fully saturated rings. The molecule has 9 nitrogen and oxygen atoms in total. The molecule has 1 unspecified atom stereocenters. The first kappa shape index (κ1) is 20.0. The highest BCUT2D eigenvalue weighted by molar-refractivity contribution is 7.32. The number of aryl methyl sites for hydroxylation is 1. The molecule has 2 heterocycles. The molecule has 4 rings (SSSR count). The maximum Gasteiger partial charge on any atom is 0.365 e. The van der Waals surface area contributed by atoms with Crippen LogP contribution in [0.5, 0.6) is 17.5 Å². The molecule has 0 radical (unpaired) electrons. The molecule has 4 aromatic rings. The van der Waals surface area contributed by atoms with Gasteiger partial charge in [-0.2, -0.15) is 0 Å². The lowest BCUT2D eigenvalue weighted by Gasteiger charge is -2.16. The summed E-state index contributed by atoms with van der Waals surface area (Å²) in [4.78, 5) is 9.15. The second-order valence-electron chi connectivity index (χ2n) is 7.26. The maximum absolute atomic E-state index is 11.2. The Labute approximate surface area is 172 Å². The van der Waals surface area contributed by atoms with E-state index >= 15 is 0 Å². The molecule has 0 saturated carbocycles. The molecule has 3 N–H and O–H groups in total. The minimum Gasteiger partial charge on any atom is -0.507 e. The summed E-state index contributed by atoms with van der Waals surface area (Å²) in [6, 6.07) is 10.2. The van der Waals surface area contributed by atoms with E-state index in [9.17, 15) is 14.8 Å². The van der Waals surface area contributed by atoms with Crippen LogP contribution in [0.4, 0.5) is 0 Å². The Morgan fingerprint density at radius 3 is 2.57 bits per heavy atom. The summed E-state index contributed by atoms with van der Waals surface area (Å²) >= 11 is 0. The monoisotopic (exact) mass is 428 g/mol. The third-order valence-electron chi connectivity index (χ3n) is 4.96. The SMILES string of the molecule is CC(C)c1cc(-c2nnc(O)n2-c2ccc3c(ccn3C)c2)c(O)cc1O[PH](=O)O. The predicted molar refractivity (Wildman–Crippen MR) is 113 cm³/mol. The molecular weight excluding hydrogens is 407 g/mol.